The van der Waals surface area contributed by atoms with Gasteiger partial charge in [-0.3, -0.25) is 0 Å². The monoisotopic (exact) mass is 330 g/mol. The number of hydrogen-bond acceptors (Lipinski definition) is 5. The SMILES string of the molecule is Cc1csc(Nc2[nH+]cc(S)cc2OCc2ccccc2)n1. The van der Waals surface area contributed by atoms with Gasteiger partial charge in [0.05, 0.1) is 5.69 Å². The van der Waals surface area contributed by atoms with Crippen molar-refractivity contribution in [3.05, 3.63) is 59.2 Å². The van der Waals surface area contributed by atoms with Crippen molar-refractivity contribution in [1.82, 2.24) is 4.98 Å². The van der Waals surface area contributed by atoms with Crippen molar-refractivity contribution in [2.24, 2.45) is 0 Å². The molecule has 4 nitrogen and oxygen atoms in total. The highest BCUT2D eigenvalue weighted by atomic mass is 32.1. The predicted octanol–water partition coefficient (Wildman–Crippen LogP) is 3.88. The Labute approximate surface area is 138 Å². The molecule has 2 heterocycles. The summed E-state index contributed by atoms with van der Waals surface area (Å²) in [4.78, 5) is 8.36. The molecule has 1 aromatic carbocycles. The molecule has 0 saturated heterocycles. The van der Waals surface area contributed by atoms with E-state index in [4.69, 9.17) is 4.74 Å². The van der Waals surface area contributed by atoms with E-state index in [0.717, 1.165) is 27.1 Å². The number of benzene rings is 1. The molecule has 0 saturated carbocycles. The molecule has 2 aromatic heterocycles. The van der Waals surface area contributed by atoms with Crippen LogP contribution in [0.3, 0.4) is 0 Å². The van der Waals surface area contributed by atoms with Gasteiger partial charge >= 0.3 is 5.82 Å². The number of H-pyrrole nitrogens is 1. The maximum absolute atomic E-state index is 5.92. The Kier molecular flexibility index (Phi) is 4.60. The fraction of sp³-hybridized carbons (Fsp3) is 0.125. The zero-order chi connectivity index (χ0) is 15.4. The van der Waals surface area contributed by atoms with E-state index in [2.05, 4.69) is 27.9 Å². The quantitative estimate of drug-likeness (QED) is 0.698. The molecule has 22 heavy (non-hydrogen) atoms. The van der Waals surface area contributed by atoms with Gasteiger partial charge in [-0.25, -0.2) is 15.3 Å². The second-order valence-electron chi connectivity index (χ2n) is 4.79. The highest BCUT2D eigenvalue weighted by Crippen LogP contribution is 2.27. The first-order chi connectivity index (χ1) is 10.7. The van der Waals surface area contributed by atoms with Crippen molar-refractivity contribution in [3.63, 3.8) is 0 Å². The second kappa shape index (κ2) is 6.81. The zero-order valence-electron chi connectivity index (χ0n) is 12.0. The molecule has 0 aliphatic rings. The summed E-state index contributed by atoms with van der Waals surface area (Å²) in [6.07, 6.45) is 1.81. The van der Waals surface area contributed by atoms with Crippen LogP contribution in [0.4, 0.5) is 10.9 Å². The number of pyridine rings is 1. The Hall–Kier alpha value is -2.05. The summed E-state index contributed by atoms with van der Waals surface area (Å²) in [6.45, 7) is 2.46. The molecule has 0 bridgehead atoms. The number of hydrogen-bond donors (Lipinski definition) is 2. The van der Waals surface area contributed by atoms with Gasteiger partial charge < -0.3 is 4.74 Å². The van der Waals surface area contributed by atoms with Crippen molar-refractivity contribution >= 4 is 34.9 Å². The maximum atomic E-state index is 5.92. The lowest BCUT2D eigenvalue weighted by Crippen LogP contribution is -2.12. The summed E-state index contributed by atoms with van der Waals surface area (Å²) in [5, 5.41) is 6.07. The number of ether oxygens (including phenoxy) is 1. The number of nitrogens with one attached hydrogen (secondary N) is 2. The summed E-state index contributed by atoms with van der Waals surface area (Å²) < 4.78 is 5.92. The van der Waals surface area contributed by atoms with Crippen LogP contribution in [0.25, 0.3) is 0 Å². The Balaban J connectivity index is 1.78. The first-order valence-electron chi connectivity index (χ1n) is 6.81. The third kappa shape index (κ3) is 3.78. The van der Waals surface area contributed by atoms with E-state index in [1.54, 1.807) is 17.5 Å². The summed E-state index contributed by atoms with van der Waals surface area (Å²) >= 11 is 5.91. The lowest BCUT2D eigenvalue weighted by atomic mass is 10.2. The molecule has 0 spiro atoms. The standard InChI is InChI=1S/C16H15N3OS2/c1-11-10-22-16(18-11)19-15-14(7-13(21)8-17-15)20-9-12-5-3-2-4-6-12/h2-8,10,21H,9H2,1H3,(H,17,18,19)/p+1. The van der Waals surface area contributed by atoms with E-state index in [1.165, 1.54) is 0 Å². The number of thiazole rings is 1. The third-order valence-electron chi connectivity index (χ3n) is 2.98. The number of aromatic amines is 1. The Bertz CT molecular complexity index is 759. The topological polar surface area (TPSA) is 48.3 Å². The number of anilines is 2. The molecular weight excluding hydrogens is 314 g/mol. The van der Waals surface area contributed by atoms with Gasteiger partial charge in [0.15, 0.2) is 0 Å². The van der Waals surface area contributed by atoms with Crippen LogP contribution >= 0.6 is 24.0 Å². The summed E-state index contributed by atoms with van der Waals surface area (Å²) in [7, 11) is 0. The van der Waals surface area contributed by atoms with Gasteiger partial charge in [0.2, 0.25) is 5.75 Å². The minimum absolute atomic E-state index is 0.498. The van der Waals surface area contributed by atoms with Crippen molar-refractivity contribution in [1.29, 1.82) is 0 Å². The highest BCUT2D eigenvalue weighted by molar-refractivity contribution is 7.80. The molecule has 3 rings (SSSR count). The lowest BCUT2D eigenvalue weighted by molar-refractivity contribution is -0.364. The molecular formula is C16H16N3OS2+. The molecule has 3 aromatic rings. The number of aromatic nitrogens is 2. The van der Waals surface area contributed by atoms with Gasteiger partial charge in [0, 0.05) is 16.3 Å². The minimum atomic E-state index is 0.498. The van der Waals surface area contributed by atoms with Crippen molar-refractivity contribution < 1.29 is 9.72 Å². The van der Waals surface area contributed by atoms with Crippen LogP contribution < -0.4 is 15.0 Å². The number of aryl methyl sites for hydroxylation is 1. The van der Waals surface area contributed by atoms with Crippen LogP contribution in [0.2, 0.25) is 0 Å². The molecule has 112 valence electrons. The van der Waals surface area contributed by atoms with E-state index in [0.29, 0.717) is 12.4 Å². The fourth-order valence-corrected chi connectivity index (χ4v) is 2.80. The molecule has 0 atom stereocenters. The molecule has 2 N–H and O–H groups in total. The van der Waals surface area contributed by atoms with Crippen LogP contribution in [0.5, 0.6) is 5.75 Å². The van der Waals surface area contributed by atoms with Crippen molar-refractivity contribution in [3.8, 4) is 5.75 Å². The Morgan fingerprint density at radius 3 is 2.86 bits per heavy atom. The first-order valence-corrected chi connectivity index (χ1v) is 8.14. The predicted molar refractivity (Wildman–Crippen MR) is 91.2 cm³/mol. The molecule has 0 radical (unpaired) electrons. The number of rotatable bonds is 5. The minimum Gasteiger partial charge on any atom is -0.481 e. The van der Waals surface area contributed by atoms with Crippen LogP contribution in [0, 0.1) is 6.92 Å². The van der Waals surface area contributed by atoms with Crippen molar-refractivity contribution in [2.45, 2.75) is 18.4 Å². The largest absolute Gasteiger partial charge is 0.481 e. The Morgan fingerprint density at radius 2 is 2.14 bits per heavy atom. The van der Waals surface area contributed by atoms with Gasteiger partial charge in [-0.05, 0) is 12.5 Å². The van der Waals surface area contributed by atoms with Gasteiger partial charge in [0.25, 0.3) is 5.13 Å². The molecule has 0 fully saturated rings. The summed E-state index contributed by atoms with van der Waals surface area (Å²) in [5.41, 5.74) is 2.10. The summed E-state index contributed by atoms with van der Waals surface area (Å²) in [5.74, 6) is 1.48. The molecule has 0 aliphatic carbocycles. The molecule has 0 aliphatic heterocycles. The highest BCUT2D eigenvalue weighted by Gasteiger charge is 2.15. The van der Waals surface area contributed by atoms with E-state index in [-0.39, 0.29) is 0 Å². The lowest BCUT2D eigenvalue weighted by Gasteiger charge is -2.07. The van der Waals surface area contributed by atoms with E-state index in [9.17, 15) is 0 Å². The number of nitrogens with zero attached hydrogens (tertiary/aromatic N) is 1. The average molecular weight is 330 g/mol. The third-order valence-corrected chi connectivity index (χ3v) is 4.11. The van der Waals surface area contributed by atoms with Crippen LogP contribution in [-0.4, -0.2) is 4.98 Å². The second-order valence-corrected chi connectivity index (χ2v) is 6.16. The van der Waals surface area contributed by atoms with Crippen molar-refractivity contribution in [2.75, 3.05) is 5.32 Å². The average Bonchev–Trinajstić information content (AvgIpc) is 2.94. The van der Waals surface area contributed by atoms with E-state index >= 15 is 0 Å². The Morgan fingerprint density at radius 1 is 1.32 bits per heavy atom. The first kappa shape index (κ1) is 14.9. The van der Waals surface area contributed by atoms with Gasteiger partial charge in [-0.15, -0.1) is 12.6 Å². The molecule has 0 amide bonds. The van der Waals surface area contributed by atoms with Gasteiger partial charge in [-0.1, -0.05) is 41.7 Å². The smallest absolute Gasteiger partial charge is 0.322 e. The molecule has 6 heteroatoms. The van der Waals surface area contributed by atoms with Crippen LogP contribution in [-0.2, 0) is 6.61 Å². The molecule has 0 unspecified atom stereocenters. The fourth-order valence-electron chi connectivity index (χ4n) is 1.93. The van der Waals surface area contributed by atoms with Gasteiger partial charge in [-0.2, -0.15) is 0 Å². The number of thiol groups is 1. The summed E-state index contributed by atoms with van der Waals surface area (Å²) in [6, 6.07) is 11.9. The van der Waals surface area contributed by atoms with Crippen LogP contribution in [0.1, 0.15) is 11.3 Å². The van der Waals surface area contributed by atoms with Gasteiger partial charge in [0.1, 0.15) is 12.8 Å². The van der Waals surface area contributed by atoms with Crippen LogP contribution in [0.15, 0.2) is 52.9 Å². The van der Waals surface area contributed by atoms with E-state index in [1.807, 2.05) is 48.7 Å². The maximum Gasteiger partial charge on any atom is 0.322 e. The normalized spacial score (nSPS) is 10.5. The zero-order valence-corrected chi connectivity index (χ0v) is 13.7. The van der Waals surface area contributed by atoms with E-state index < -0.39 is 0 Å².